The number of amides is 2. The van der Waals surface area contributed by atoms with E-state index >= 15 is 0 Å². The normalized spacial score (nSPS) is 10.3. The SMILES string of the molecule is Cc1cc(Br)c(Cl)cc1NC(=O)COC(=O)CCC(=O)Nc1ccccc1Cl. The van der Waals surface area contributed by atoms with Gasteiger partial charge < -0.3 is 15.4 Å². The van der Waals surface area contributed by atoms with Crippen LogP contribution in [0.3, 0.4) is 0 Å². The van der Waals surface area contributed by atoms with Crippen molar-refractivity contribution >= 4 is 68.3 Å². The van der Waals surface area contributed by atoms with Gasteiger partial charge in [0.15, 0.2) is 6.61 Å². The number of benzene rings is 2. The zero-order chi connectivity index (χ0) is 20.7. The van der Waals surface area contributed by atoms with Crippen LogP contribution in [0.4, 0.5) is 11.4 Å². The van der Waals surface area contributed by atoms with Gasteiger partial charge in [-0.15, -0.1) is 0 Å². The maximum Gasteiger partial charge on any atom is 0.306 e. The number of hydrogen-bond donors (Lipinski definition) is 2. The van der Waals surface area contributed by atoms with Crippen molar-refractivity contribution in [3.8, 4) is 0 Å². The second kappa shape index (κ2) is 10.5. The van der Waals surface area contributed by atoms with Crippen LogP contribution in [0.2, 0.25) is 10.0 Å². The first kappa shape index (κ1) is 22.2. The topological polar surface area (TPSA) is 84.5 Å². The van der Waals surface area contributed by atoms with Gasteiger partial charge in [0, 0.05) is 16.6 Å². The van der Waals surface area contributed by atoms with Crippen LogP contribution >= 0.6 is 39.1 Å². The second-order valence-electron chi connectivity index (χ2n) is 5.82. The number of aryl methyl sites for hydroxylation is 1. The summed E-state index contributed by atoms with van der Waals surface area (Å²) in [5.74, 6) is -1.54. The Hall–Kier alpha value is -2.09. The van der Waals surface area contributed by atoms with E-state index in [2.05, 4.69) is 26.6 Å². The van der Waals surface area contributed by atoms with Crippen LogP contribution < -0.4 is 10.6 Å². The lowest BCUT2D eigenvalue weighted by Gasteiger charge is -2.10. The summed E-state index contributed by atoms with van der Waals surface area (Å²) >= 11 is 15.3. The van der Waals surface area contributed by atoms with E-state index in [-0.39, 0.29) is 18.7 Å². The first-order valence-corrected chi connectivity index (χ1v) is 9.76. The third-order valence-corrected chi connectivity index (χ3v) is 5.14. The van der Waals surface area contributed by atoms with Crippen molar-refractivity contribution in [2.24, 2.45) is 0 Å². The predicted octanol–water partition coefficient (Wildman–Crippen LogP) is 4.96. The number of esters is 1. The van der Waals surface area contributed by atoms with Gasteiger partial charge in [-0.2, -0.15) is 0 Å². The van der Waals surface area contributed by atoms with Crippen molar-refractivity contribution in [3.63, 3.8) is 0 Å². The molecule has 0 atom stereocenters. The number of carbonyl (C=O) groups excluding carboxylic acids is 3. The van der Waals surface area contributed by atoms with E-state index in [4.69, 9.17) is 27.9 Å². The molecule has 2 aromatic rings. The minimum atomic E-state index is -0.657. The van der Waals surface area contributed by atoms with E-state index in [0.717, 1.165) is 5.56 Å². The summed E-state index contributed by atoms with van der Waals surface area (Å²) in [6, 6.07) is 10.1. The Morgan fingerprint density at radius 3 is 2.36 bits per heavy atom. The summed E-state index contributed by atoms with van der Waals surface area (Å²) in [5, 5.41) is 6.07. The molecule has 2 N–H and O–H groups in total. The van der Waals surface area contributed by atoms with Crippen molar-refractivity contribution in [1.29, 1.82) is 0 Å². The molecule has 0 saturated heterocycles. The lowest BCUT2D eigenvalue weighted by atomic mass is 10.2. The fourth-order valence-electron chi connectivity index (χ4n) is 2.18. The highest BCUT2D eigenvalue weighted by molar-refractivity contribution is 9.10. The lowest BCUT2D eigenvalue weighted by Crippen LogP contribution is -2.22. The van der Waals surface area contributed by atoms with Crippen LogP contribution in [0.5, 0.6) is 0 Å². The minimum Gasteiger partial charge on any atom is -0.456 e. The number of rotatable bonds is 7. The Morgan fingerprint density at radius 2 is 1.64 bits per heavy atom. The quantitative estimate of drug-likeness (QED) is 0.540. The van der Waals surface area contributed by atoms with Crippen LogP contribution in [0.25, 0.3) is 0 Å². The average molecular weight is 488 g/mol. The van der Waals surface area contributed by atoms with Crippen LogP contribution in [-0.2, 0) is 19.1 Å². The highest BCUT2D eigenvalue weighted by Gasteiger charge is 2.13. The smallest absolute Gasteiger partial charge is 0.306 e. The Balaban J connectivity index is 1.75. The predicted molar refractivity (Wildman–Crippen MR) is 113 cm³/mol. The second-order valence-corrected chi connectivity index (χ2v) is 7.49. The molecule has 28 heavy (non-hydrogen) atoms. The fraction of sp³-hybridized carbons (Fsp3) is 0.211. The molecule has 0 aliphatic rings. The van der Waals surface area contributed by atoms with Crippen molar-refractivity contribution in [3.05, 3.63) is 56.5 Å². The summed E-state index contributed by atoms with van der Waals surface area (Å²) in [6.07, 6.45) is -0.250. The van der Waals surface area contributed by atoms with Gasteiger partial charge in [-0.25, -0.2) is 0 Å². The van der Waals surface area contributed by atoms with E-state index in [1.165, 1.54) is 0 Å². The van der Waals surface area contributed by atoms with Gasteiger partial charge in [-0.3, -0.25) is 14.4 Å². The van der Waals surface area contributed by atoms with Gasteiger partial charge in [0.2, 0.25) is 5.91 Å². The molecule has 0 spiro atoms. The van der Waals surface area contributed by atoms with Crippen molar-refractivity contribution in [2.45, 2.75) is 19.8 Å². The fourth-order valence-corrected chi connectivity index (χ4v) is 2.98. The number of carbonyl (C=O) groups is 3. The number of para-hydroxylation sites is 1. The molecule has 0 aromatic heterocycles. The molecule has 9 heteroatoms. The monoisotopic (exact) mass is 486 g/mol. The lowest BCUT2D eigenvalue weighted by molar-refractivity contribution is -0.147. The molecule has 0 aliphatic carbocycles. The zero-order valence-corrected chi connectivity index (χ0v) is 18.0. The van der Waals surface area contributed by atoms with E-state index in [9.17, 15) is 14.4 Å². The van der Waals surface area contributed by atoms with Gasteiger partial charge in [0.25, 0.3) is 5.91 Å². The van der Waals surface area contributed by atoms with Gasteiger partial charge in [0.1, 0.15) is 0 Å². The van der Waals surface area contributed by atoms with Crippen molar-refractivity contribution in [2.75, 3.05) is 17.2 Å². The molecule has 2 amide bonds. The van der Waals surface area contributed by atoms with E-state index in [1.54, 1.807) is 43.3 Å². The van der Waals surface area contributed by atoms with Crippen LogP contribution in [0, 0.1) is 6.92 Å². The Kier molecular flexibility index (Phi) is 8.29. The van der Waals surface area contributed by atoms with E-state index in [1.807, 2.05) is 0 Å². The largest absolute Gasteiger partial charge is 0.456 e. The van der Waals surface area contributed by atoms with E-state index < -0.39 is 18.5 Å². The molecule has 0 fully saturated rings. The number of hydrogen-bond acceptors (Lipinski definition) is 4. The summed E-state index contributed by atoms with van der Waals surface area (Å²) in [4.78, 5) is 35.6. The standard InChI is InChI=1S/C19H17BrCl2N2O4/c1-11-8-12(20)14(22)9-16(11)24-18(26)10-28-19(27)7-6-17(25)23-15-5-3-2-4-13(15)21/h2-5,8-9H,6-7,10H2,1H3,(H,23,25)(H,24,26). The molecule has 0 aliphatic heterocycles. The molecule has 0 bridgehead atoms. The molecule has 0 radical (unpaired) electrons. The molecular weight excluding hydrogens is 471 g/mol. The molecule has 0 heterocycles. The van der Waals surface area contributed by atoms with Crippen LogP contribution in [0.15, 0.2) is 40.9 Å². The summed E-state index contributed by atoms with van der Waals surface area (Å²) in [5.41, 5.74) is 1.78. The maximum absolute atomic E-state index is 11.9. The highest BCUT2D eigenvalue weighted by Crippen LogP contribution is 2.28. The number of nitrogens with one attached hydrogen (secondary N) is 2. The third kappa shape index (κ3) is 6.82. The molecule has 2 aromatic carbocycles. The molecule has 0 unspecified atom stereocenters. The Labute approximate surface area is 180 Å². The molecule has 2 rings (SSSR count). The summed E-state index contributed by atoms with van der Waals surface area (Å²) < 4.78 is 5.61. The summed E-state index contributed by atoms with van der Waals surface area (Å²) in [6.45, 7) is 1.35. The maximum atomic E-state index is 11.9. The van der Waals surface area contributed by atoms with E-state index in [0.29, 0.717) is 25.9 Å². The first-order chi connectivity index (χ1) is 13.3. The van der Waals surface area contributed by atoms with Crippen molar-refractivity contribution in [1.82, 2.24) is 0 Å². The van der Waals surface area contributed by atoms with Gasteiger partial charge >= 0.3 is 5.97 Å². The first-order valence-electron chi connectivity index (χ1n) is 8.21. The zero-order valence-electron chi connectivity index (χ0n) is 14.9. The van der Waals surface area contributed by atoms with Crippen LogP contribution in [0.1, 0.15) is 18.4 Å². The van der Waals surface area contributed by atoms with Crippen molar-refractivity contribution < 1.29 is 19.1 Å². The average Bonchev–Trinajstić information content (AvgIpc) is 2.64. The number of anilines is 2. The number of ether oxygens (including phenoxy) is 1. The number of halogens is 3. The minimum absolute atomic E-state index is 0.0902. The molecule has 0 saturated carbocycles. The van der Waals surface area contributed by atoms with Gasteiger partial charge in [-0.05, 0) is 52.7 Å². The molecular formula is C19H17BrCl2N2O4. The molecule has 148 valence electrons. The summed E-state index contributed by atoms with van der Waals surface area (Å²) in [7, 11) is 0. The Morgan fingerprint density at radius 1 is 0.964 bits per heavy atom. The van der Waals surface area contributed by atoms with Gasteiger partial charge in [-0.1, -0.05) is 35.3 Å². The molecule has 6 nitrogen and oxygen atoms in total. The van der Waals surface area contributed by atoms with Crippen LogP contribution in [-0.4, -0.2) is 24.4 Å². The third-order valence-electron chi connectivity index (χ3n) is 3.61. The van der Waals surface area contributed by atoms with Gasteiger partial charge in [0.05, 0.1) is 22.2 Å². The Bertz CT molecular complexity index is 905. The highest BCUT2D eigenvalue weighted by atomic mass is 79.9.